The van der Waals surface area contributed by atoms with Gasteiger partial charge in [0.05, 0.1) is 19.8 Å². The van der Waals surface area contributed by atoms with E-state index in [0.717, 1.165) is 64.3 Å². The molecule has 1 unspecified atom stereocenters. The summed E-state index contributed by atoms with van der Waals surface area (Å²) < 4.78 is 5.44. The van der Waals surface area contributed by atoms with Crippen LogP contribution in [0.2, 0.25) is 0 Å². The van der Waals surface area contributed by atoms with Crippen molar-refractivity contribution in [3.8, 4) is 0 Å². The Bertz CT molecular complexity index is 602. The maximum absolute atomic E-state index is 5.44. The van der Waals surface area contributed by atoms with E-state index < -0.39 is 0 Å². The van der Waals surface area contributed by atoms with Gasteiger partial charge in [-0.3, -0.25) is 4.90 Å². The summed E-state index contributed by atoms with van der Waals surface area (Å²) in [5, 5.41) is 6.84. The number of rotatable bonds is 7. The van der Waals surface area contributed by atoms with E-state index in [2.05, 4.69) is 51.4 Å². The Morgan fingerprint density at radius 2 is 1.96 bits per heavy atom. The highest BCUT2D eigenvalue weighted by atomic mass is 127. The molecule has 7 nitrogen and oxygen atoms in total. The van der Waals surface area contributed by atoms with Crippen LogP contribution in [0.4, 0.5) is 5.82 Å². The number of aliphatic imine (C=N–C) groups is 1. The Labute approximate surface area is 186 Å². The molecule has 0 aromatic carbocycles. The van der Waals surface area contributed by atoms with Crippen molar-refractivity contribution >= 4 is 35.8 Å². The van der Waals surface area contributed by atoms with Gasteiger partial charge in [-0.25, -0.2) is 9.98 Å². The van der Waals surface area contributed by atoms with Gasteiger partial charge in [0.15, 0.2) is 5.96 Å². The van der Waals surface area contributed by atoms with Gasteiger partial charge in [0.2, 0.25) is 0 Å². The molecule has 2 aliphatic rings. The second-order valence-corrected chi connectivity index (χ2v) is 7.29. The van der Waals surface area contributed by atoms with Crippen molar-refractivity contribution in [3.63, 3.8) is 0 Å². The van der Waals surface area contributed by atoms with E-state index in [4.69, 9.17) is 9.73 Å². The van der Waals surface area contributed by atoms with E-state index in [0.29, 0.717) is 12.6 Å². The third kappa shape index (κ3) is 7.04. The van der Waals surface area contributed by atoms with E-state index in [-0.39, 0.29) is 24.0 Å². The van der Waals surface area contributed by atoms with Crippen LogP contribution in [0.15, 0.2) is 23.3 Å². The van der Waals surface area contributed by atoms with Gasteiger partial charge >= 0.3 is 0 Å². The minimum absolute atomic E-state index is 0. The normalized spacial score (nSPS) is 19.2. The largest absolute Gasteiger partial charge is 0.379 e. The second kappa shape index (κ2) is 12.4. The SMILES string of the molecule is CCNC(=NCc1ccnc(N2CCCC2)c1)NCC(C)N1CCOCC1.I. The molecular weight excluding hydrogens is 467 g/mol. The molecule has 0 radical (unpaired) electrons. The number of guanidine groups is 1. The first kappa shape index (κ1) is 23.2. The predicted molar refractivity (Wildman–Crippen MR) is 126 cm³/mol. The van der Waals surface area contributed by atoms with E-state index >= 15 is 0 Å². The molecule has 1 atom stereocenters. The third-order valence-electron chi connectivity index (χ3n) is 5.24. The van der Waals surface area contributed by atoms with Crippen LogP contribution in [0.1, 0.15) is 32.3 Å². The number of aromatic nitrogens is 1. The molecule has 2 aliphatic heterocycles. The summed E-state index contributed by atoms with van der Waals surface area (Å²) in [4.78, 5) is 14.1. The van der Waals surface area contributed by atoms with Crippen molar-refractivity contribution < 1.29 is 4.74 Å². The highest BCUT2D eigenvalue weighted by molar-refractivity contribution is 14.0. The molecule has 8 heteroatoms. The van der Waals surface area contributed by atoms with Crippen molar-refractivity contribution in [2.45, 2.75) is 39.3 Å². The monoisotopic (exact) mass is 502 g/mol. The first-order valence-electron chi connectivity index (χ1n) is 10.3. The fraction of sp³-hybridized carbons (Fsp3) is 0.700. The van der Waals surface area contributed by atoms with Gasteiger partial charge < -0.3 is 20.3 Å². The van der Waals surface area contributed by atoms with Crippen molar-refractivity contribution in [1.82, 2.24) is 20.5 Å². The summed E-state index contributed by atoms with van der Waals surface area (Å²) in [5.74, 6) is 1.95. The standard InChI is InChI=1S/C20H34N6O.HI/c1-3-21-20(23-15-17(2)25-10-12-27-13-11-25)24-16-18-6-7-22-19(14-18)26-8-4-5-9-26;/h6-7,14,17H,3-5,8-13,15-16H2,1-2H3,(H2,21,23,24);1H. The Balaban J connectivity index is 0.00000280. The zero-order chi connectivity index (χ0) is 18.9. The Kier molecular flexibility index (Phi) is 10.3. The first-order chi connectivity index (χ1) is 13.3. The van der Waals surface area contributed by atoms with E-state index in [1.54, 1.807) is 0 Å². The van der Waals surface area contributed by atoms with Crippen LogP contribution >= 0.6 is 24.0 Å². The lowest BCUT2D eigenvalue weighted by Crippen LogP contribution is -2.49. The van der Waals surface area contributed by atoms with Gasteiger partial charge in [-0.1, -0.05) is 0 Å². The van der Waals surface area contributed by atoms with Gasteiger partial charge in [0.25, 0.3) is 0 Å². The molecule has 2 fully saturated rings. The van der Waals surface area contributed by atoms with Crippen molar-refractivity contribution in [3.05, 3.63) is 23.9 Å². The number of hydrogen-bond donors (Lipinski definition) is 2. The molecule has 0 amide bonds. The van der Waals surface area contributed by atoms with Crippen molar-refractivity contribution in [2.75, 3.05) is 57.4 Å². The van der Waals surface area contributed by atoms with Crippen LogP contribution in [0.3, 0.4) is 0 Å². The van der Waals surface area contributed by atoms with E-state index in [1.807, 2.05) is 6.20 Å². The second-order valence-electron chi connectivity index (χ2n) is 7.29. The van der Waals surface area contributed by atoms with Crippen LogP contribution in [-0.2, 0) is 11.3 Å². The molecule has 0 bridgehead atoms. The molecule has 3 rings (SSSR count). The van der Waals surface area contributed by atoms with Gasteiger partial charge in [0.1, 0.15) is 5.82 Å². The lowest BCUT2D eigenvalue weighted by molar-refractivity contribution is 0.0211. The van der Waals surface area contributed by atoms with Gasteiger partial charge in [-0.15, -0.1) is 24.0 Å². The Morgan fingerprint density at radius 1 is 1.21 bits per heavy atom. The zero-order valence-electron chi connectivity index (χ0n) is 17.2. The summed E-state index contributed by atoms with van der Waals surface area (Å²) in [6.45, 7) is 12.7. The summed E-state index contributed by atoms with van der Waals surface area (Å²) in [6, 6.07) is 4.69. The number of nitrogens with zero attached hydrogens (tertiary/aromatic N) is 4. The number of halogens is 1. The minimum atomic E-state index is 0. The van der Waals surface area contributed by atoms with Crippen molar-refractivity contribution in [1.29, 1.82) is 0 Å². The maximum Gasteiger partial charge on any atom is 0.191 e. The Hall–Kier alpha value is -1.13. The van der Waals surface area contributed by atoms with Gasteiger partial charge in [0, 0.05) is 51.5 Å². The Morgan fingerprint density at radius 3 is 2.68 bits per heavy atom. The topological polar surface area (TPSA) is 65.0 Å². The molecule has 1 aromatic heterocycles. The molecule has 0 saturated carbocycles. The fourth-order valence-corrected chi connectivity index (χ4v) is 3.58. The molecule has 2 N–H and O–H groups in total. The van der Waals surface area contributed by atoms with Crippen LogP contribution in [0.5, 0.6) is 0 Å². The third-order valence-corrected chi connectivity index (χ3v) is 5.24. The first-order valence-corrected chi connectivity index (χ1v) is 10.3. The smallest absolute Gasteiger partial charge is 0.191 e. The number of ether oxygens (including phenoxy) is 1. The molecule has 0 spiro atoms. The van der Waals surface area contributed by atoms with Gasteiger partial charge in [-0.05, 0) is 44.4 Å². The van der Waals surface area contributed by atoms with Crippen molar-refractivity contribution in [2.24, 2.45) is 4.99 Å². The van der Waals surface area contributed by atoms with E-state index in [9.17, 15) is 0 Å². The average Bonchev–Trinajstić information content (AvgIpc) is 3.26. The van der Waals surface area contributed by atoms with Gasteiger partial charge in [-0.2, -0.15) is 0 Å². The molecule has 158 valence electrons. The van der Waals surface area contributed by atoms with Crippen LogP contribution in [0, 0.1) is 0 Å². The fourth-order valence-electron chi connectivity index (χ4n) is 3.58. The maximum atomic E-state index is 5.44. The number of hydrogen-bond acceptors (Lipinski definition) is 5. The average molecular weight is 502 g/mol. The highest BCUT2D eigenvalue weighted by Gasteiger charge is 2.17. The number of pyridine rings is 1. The summed E-state index contributed by atoms with van der Waals surface area (Å²) in [5.41, 5.74) is 1.20. The summed E-state index contributed by atoms with van der Waals surface area (Å²) >= 11 is 0. The molecule has 1 aromatic rings. The predicted octanol–water partition coefficient (Wildman–Crippen LogP) is 2.08. The zero-order valence-corrected chi connectivity index (χ0v) is 19.5. The molecule has 3 heterocycles. The molecule has 28 heavy (non-hydrogen) atoms. The molecule has 0 aliphatic carbocycles. The van der Waals surface area contributed by atoms with Crippen LogP contribution in [-0.4, -0.2) is 74.4 Å². The van der Waals surface area contributed by atoms with Crippen LogP contribution < -0.4 is 15.5 Å². The highest BCUT2D eigenvalue weighted by Crippen LogP contribution is 2.18. The lowest BCUT2D eigenvalue weighted by Gasteiger charge is -2.32. The lowest BCUT2D eigenvalue weighted by atomic mass is 10.2. The quantitative estimate of drug-likeness (QED) is 0.338. The summed E-state index contributed by atoms with van der Waals surface area (Å²) in [6.07, 6.45) is 4.43. The number of anilines is 1. The molecular formula is C20H35IN6O. The number of nitrogens with one attached hydrogen (secondary N) is 2. The minimum Gasteiger partial charge on any atom is -0.379 e. The van der Waals surface area contributed by atoms with Crippen LogP contribution in [0.25, 0.3) is 0 Å². The summed E-state index contributed by atoms with van der Waals surface area (Å²) in [7, 11) is 0. The van der Waals surface area contributed by atoms with E-state index in [1.165, 1.54) is 18.4 Å². The number of morpholine rings is 1. The molecule has 2 saturated heterocycles.